The van der Waals surface area contributed by atoms with Crippen LogP contribution in [0.2, 0.25) is 5.02 Å². The zero-order chi connectivity index (χ0) is 19.7. The second-order valence-electron chi connectivity index (χ2n) is 6.67. The van der Waals surface area contributed by atoms with E-state index in [9.17, 15) is 4.79 Å². The van der Waals surface area contributed by atoms with Crippen LogP contribution in [0, 0.1) is 6.92 Å². The van der Waals surface area contributed by atoms with Crippen LogP contribution in [0.15, 0.2) is 59.3 Å². The normalized spacial score (nSPS) is 11.0. The minimum atomic E-state index is 0.0663. The lowest BCUT2D eigenvalue weighted by molar-refractivity contribution is -0.116. The first-order valence-electron chi connectivity index (χ1n) is 8.86. The van der Waals surface area contributed by atoms with Crippen LogP contribution in [-0.4, -0.2) is 21.0 Å². The number of rotatable bonds is 5. The molecule has 6 heteroatoms. The highest BCUT2D eigenvalue weighted by Gasteiger charge is 2.20. The fourth-order valence-electron chi connectivity index (χ4n) is 3.16. The number of benzene rings is 1. The third-order valence-corrected chi connectivity index (χ3v) is 4.83. The molecule has 0 aliphatic rings. The molecule has 0 atom stereocenters. The fourth-order valence-corrected chi connectivity index (χ4v) is 3.38. The van der Waals surface area contributed by atoms with Crippen LogP contribution in [0.5, 0.6) is 0 Å². The molecule has 0 bridgehead atoms. The number of nitrogens with zero attached hydrogens (tertiary/aromatic N) is 2. The molecule has 0 radical (unpaired) electrons. The molecular formula is C22H18ClN3O2. The largest absolute Gasteiger partial charge is 0.455 e. The second-order valence-corrected chi connectivity index (χ2v) is 7.08. The highest BCUT2D eigenvalue weighted by atomic mass is 35.5. The summed E-state index contributed by atoms with van der Waals surface area (Å²) in [5.41, 5.74) is 5.07. The van der Waals surface area contributed by atoms with Gasteiger partial charge in [0.2, 0.25) is 0 Å². The Kier molecular flexibility index (Phi) is 4.84. The number of H-pyrrole nitrogens is 1. The van der Waals surface area contributed by atoms with Crippen LogP contribution in [0.1, 0.15) is 18.2 Å². The molecule has 4 rings (SSSR count). The van der Waals surface area contributed by atoms with Gasteiger partial charge in [-0.15, -0.1) is 0 Å². The van der Waals surface area contributed by atoms with Gasteiger partial charge in [0.05, 0.1) is 10.7 Å². The maximum atomic E-state index is 11.5. The van der Waals surface area contributed by atoms with Crippen molar-refractivity contribution in [2.24, 2.45) is 0 Å². The van der Waals surface area contributed by atoms with Gasteiger partial charge in [-0.05, 0) is 49.7 Å². The van der Waals surface area contributed by atoms with Gasteiger partial charge in [-0.2, -0.15) is 5.10 Å². The van der Waals surface area contributed by atoms with Crippen molar-refractivity contribution in [3.63, 3.8) is 0 Å². The summed E-state index contributed by atoms with van der Waals surface area (Å²) in [6.45, 7) is 3.52. The number of carbonyl (C=O) groups excluding carboxylic acids is 1. The van der Waals surface area contributed by atoms with E-state index in [0.29, 0.717) is 28.7 Å². The van der Waals surface area contributed by atoms with Gasteiger partial charge in [-0.3, -0.25) is 14.9 Å². The number of halogens is 1. The monoisotopic (exact) mass is 391 g/mol. The lowest BCUT2D eigenvalue weighted by Crippen LogP contribution is -2.00. The number of pyridine rings is 1. The summed E-state index contributed by atoms with van der Waals surface area (Å²) in [6.07, 6.45) is 3.75. The van der Waals surface area contributed by atoms with E-state index in [1.165, 1.54) is 0 Å². The number of Topliss-reactive ketones (excluding diaryl/α,β-unsaturated/α-hetero) is 1. The van der Waals surface area contributed by atoms with Gasteiger partial charge in [-0.1, -0.05) is 23.7 Å². The minimum Gasteiger partial charge on any atom is -0.455 e. The number of aromatic nitrogens is 3. The van der Waals surface area contributed by atoms with Crippen molar-refractivity contribution in [3.8, 4) is 33.9 Å². The molecular weight excluding hydrogens is 374 g/mol. The predicted octanol–water partition coefficient (Wildman–Crippen LogP) is 5.49. The molecule has 0 saturated carbocycles. The smallest absolute Gasteiger partial charge is 0.145 e. The van der Waals surface area contributed by atoms with Gasteiger partial charge < -0.3 is 4.42 Å². The molecule has 1 N–H and O–H groups in total. The molecule has 3 heterocycles. The van der Waals surface area contributed by atoms with E-state index in [2.05, 4.69) is 15.2 Å². The Bertz CT molecular complexity index is 1150. The summed E-state index contributed by atoms with van der Waals surface area (Å²) in [6, 6.07) is 13.3. The first-order chi connectivity index (χ1) is 13.5. The number of hydrogen-bond donors (Lipinski definition) is 1. The summed E-state index contributed by atoms with van der Waals surface area (Å²) < 4.78 is 6.29. The zero-order valence-electron chi connectivity index (χ0n) is 15.5. The van der Waals surface area contributed by atoms with Crippen molar-refractivity contribution in [2.75, 3.05) is 0 Å². The second kappa shape index (κ2) is 7.44. The standard InChI is InChI=1S/C22H18ClN3O2/c1-13-12-24-15(9-14(2)27)10-17(13)21-11-18(20-7-8-25-26-20)22(28-21)16-5-3-4-6-19(16)23/h3-8,10-12H,9H2,1-2H3,(H,25,26). The van der Waals surface area contributed by atoms with Crippen molar-refractivity contribution in [1.29, 1.82) is 0 Å². The molecule has 5 nitrogen and oxygen atoms in total. The fraction of sp³-hybridized carbons (Fsp3) is 0.136. The Labute approximate surface area is 167 Å². The molecule has 1 aromatic carbocycles. The van der Waals surface area contributed by atoms with Crippen molar-refractivity contribution in [2.45, 2.75) is 20.3 Å². The Hall–Kier alpha value is -3.18. The summed E-state index contributed by atoms with van der Waals surface area (Å²) in [4.78, 5) is 15.8. The maximum Gasteiger partial charge on any atom is 0.145 e. The van der Waals surface area contributed by atoms with Gasteiger partial charge in [0.15, 0.2) is 0 Å². The summed E-state index contributed by atoms with van der Waals surface area (Å²) in [5, 5.41) is 7.65. The number of hydrogen-bond acceptors (Lipinski definition) is 4. The number of ketones is 1. The van der Waals surface area contributed by atoms with E-state index in [-0.39, 0.29) is 5.78 Å². The number of furan rings is 1. The molecule has 0 saturated heterocycles. The molecule has 0 aliphatic carbocycles. The van der Waals surface area contributed by atoms with Crippen molar-refractivity contribution in [1.82, 2.24) is 15.2 Å². The third-order valence-electron chi connectivity index (χ3n) is 4.50. The van der Waals surface area contributed by atoms with Gasteiger partial charge in [-0.25, -0.2) is 0 Å². The van der Waals surface area contributed by atoms with Crippen LogP contribution < -0.4 is 0 Å². The highest BCUT2D eigenvalue weighted by Crippen LogP contribution is 2.41. The van der Waals surface area contributed by atoms with E-state index >= 15 is 0 Å². The molecule has 140 valence electrons. The highest BCUT2D eigenvalue weighted by molar-refractivity contribution is 6.33. The van der Waals surface area contributed by atoms with Crippen LogP contribution in [0.25, 0.3) is 33.9 Å². The SMILES string of the molecule is CC(=O)Cc1cc(-c2cc(-c3ccn[nH]3)c(-c3ccccc3Cl)o2)c(C)cn1. The molecule has 0 amide bonds. The zero-order valence-corrected chi connectivity index (χ0v) is 16.2. The van der Waals surface area contributed by atoms with Crippen molar-refractivity contribution >= 4 is 17.4 Å². The lowest BCUT2D eigenvalue weighted by atomic mass is 10.0. The lowest BCUT2D eigenvalue weighted by Gasteiger charge is -2.06. The van der Waals surface area contributed by atoms with E-state index in [1.54, 1.807) is 19.3 Å². The molecule has 0 aliphatic heterocycles. The Morgan fingerprint density at radius 1 is 1.14 bits per heavy atom. The molecule has 0 spiro atoms. The summed E-state index contributed by atoms with van der Waals surface area (Å²) in [5.74, 6) is 1.41. The maximum absolute atomic E-state index is 11.5. The average Bonchev–Trinajstić information content (AvgIpc) is 3.32. The van der Waals surface area contributed by atoms with Crippen LogP contribution in [0.3, 0.4) is 0 Å². The molecule has 3 aromatic heterocycles. The Morgan fingerprint density at radius 3 is 2.68 bits per heavy atom. The summed E-state index contributed by atoms with van der Waals surface area (Å²) in [7, 11) is 0. The Morgan fingerprint density at radius 2 is 1.96 bits per heavy atom. The molecule has 4 aromatic rings. The van der Waals surface area contributed by atoms with Gasteiger partial charge in [0, 0.05) is 41.2 Å². The van der Waals surface area contributed by atoms with Crippen molar-refractivity contribution in [3.05, 3.63) is 71.1 Å². The molecule has 28 heavy (non-hydrogen) atoms. The first-order valence-corrected chi connectivity index (χ1v) is 9.24. The van der Waals surface area contributed by atoms with E-state index in [4.69, 9.17) is 16.0 Å². The predicted molar refractivity (Wildman–Crippen MR) is 109 cm³/mol. The Balaban J connectivity index is 1.90. The van der Waals surface area contributed by atoms with Gasteiger partial charge >= 0.3 is 0 Å². The molecule has 0 fully saturated rings. The van der Waals surface area contributed by atoms with Crippen LogP contribution in [0.4, 0.5) is 0 Å². The van der Waals surface area contributed by atoms with E-state index < -0.39 is 0 Å². The van der Waals surface area contributed by atoms with E-state index in [0.717, 1.165) is 27.9 Å². The summed E-state index contributed by atoms with van der Waals surface area (Å²) >= 11 is 6.43. The number of nitrogens with one attached hydrogen (secondary N) is 1. The third kappa shape index (κ3) is 3.49. The average molecular weight is 392 g/mol. The van der Waals surface area contributed by atoms with E-state index in [1.807, 2.05) is 49.4 Å². The van der Waals surface area contributed by atoms with Gasteiger partial charge in [0.1, 0.15) is 17.3 Å². The van der Waals surface area contributed by atoms with Crippen molar-refractivity contribution < 1.29 is 9.21 Å². The quantitative estimate of drug-likeness (QED) is 0.488. The van der Waals surface area contributed by atoms with Crippen LogP contribution >= 0.6 is 11.6 Å². The number of aryl methyl sites for hydroxylation is 1. The van der Waals surface area contributed by atoms with Crippen LogP contribution in [-0.2, 0) is 11.2 Å². The van der Waals surface area contributed by atoms with Gasteiger partial charge in [0.25, 0.3) is 0 Å². The first kappa shape index (κ1) is 18.2. The minimum absolute atomic E-state index is 0.0663. The number of aromatic amines is 1. The molecule has 0 unspecified atom stereocenters. The topological polar surface area (TPSA) is 71.8 Å². The number of carbonyl (C=O) groups is 1.